The summed E-state index contributed by atoms with van der Waals surface area (Å²) in [7, 11) is 0. The van der Waals surface area contributed by atoms with Crippen molar-refractivity contribution in [2.45, 2.75) is 45.1 Å². The van der Waals surface area contributed by atoms with Crippen LogP contribution in [0.3, 0.4) is 0 Å². The molecule has 1 atom stereocenters. The maximum atomic E-state index is 13.0. The average molecular weight is 486 g/mol. The van der Waals surface area contributed by atoms with E-state index >= 15 is 0 Å². The molecule has 0 spiro atoms. The molecule has 3 rings (SSSR count). The molecule has 2 aromatic carbocycles. The largest absolute Gasteiger partial charge is 0.460 e. The zero-order valence-corrected chi connectivity index (χ0v) is 19.5. The summed E-state index contributed by atoms with van der Waals surface area (Å²) in [6.07, 6.45) is -4.44. The second-order valence-corrected chi connectivity index (χ2v) is 9.21. The maximum Gasteiger partial charge on any atom is 0.417 e. The Kier molecular flexibility index (Phi) is 7.92. The van der Waals surface area contributed by atoms with Crippen LogP contribution in [0.15, 0.2) is 42.5 Å². The third-order valence-electron chi connectivity index (χ3n) is 4.93. The van der Waals surface area contributed by atoms with Crippen molar-refractivity contribution >= 4 is 17.6 Å². The number of ether oxygens (including phenoxy) is 3. The zero-order chi connectivity index (χ0) is 24.2. The second kappa shape index (κ2) is 10.3. The Balaban J connectivity index is 1.58. The number of rotatable bonds is 6. The number of hydrogen-bond donors (Lipinski definition) is 0. The molecule has 1 saturated heterocycles. The van der Waals surface area contributed by atoms with E-state index in [1.54, 1.807) is 12.1 Å². The van der Waals surface area contributed by atoms with Crippen molar-refractivity contribution in [3.63, 3.8) is 0 Å². The predicted octanol–water partition coefficient (Wildman–Crippen LogP) is 6.26. The van der Waals surface area contributed by atoms with Crippen molar-refractivity contribution in [3.8, 4) is 11.5 Å². The van der Waals surface area contributed by atoms with Crippen LogP contribution >= 0.6 is 11.6 Å². The number of carbonyl (C=O) groups is 1. The fourth-order valence-corrected chi connectivity index (χ4v) is 3.65. The molecule has 33 heavy (non-hydrogen) atoms. The summed E-state index contributed by atoms with van der Waals surface area (Å²) in [6.45, 7) is 7.96. The highest BCUT2D eigenvalue weighted by Gasteiger charge is 2.33. The van der Waals surface area contributed by atoms with E-state index in [1.165, 1.54) is 6.07 Å². The minimum Gasteiger partial charge on any atom is -0.460 e. The molecular formula is C24H27ClF3NO4. The van der Waals surface area contributed by atoms with Crippen molar-refractivity contribution in [2.75, 3.05) is 26.2 Å². The lowest BCUT2D eigenvalue weighted by Crippen LogP contribution is -2.39. The van der Waals surface area contributed by atoms with Gasteiger partial charge in [0.15, 0.2) is 0 Å². The van der Waals surface area contributed by atoms with Gasteiger partial charge in [-0.25, -0.2) is 0 Å². The van der Waals surface area contributed by atoms with Crippen LogP contribution in [0.25, 0.3) is 0 Å². The first-order valence-electron chi connectivity index (χ1n) is 10.6. The molecule has 0 N–H and O–H groups in total. The zero-order valence-electron chi connectivity index (χ0n) is 18.7. The third-order valence-corrected chi connectivity index (χ3v) is 5.26. The van der Waals surface area contributed by atoms with E-state index < -0.39 is 17.3 Å². The lowest BCUT2D eigenvalue weighted by atomic mass is 10.1. The molecule has 0 amide bonds. The van der Waals surface area contributed by atoms with E-state index in [0.29, 0.717) is 31.9 Å². The fraction of sp³-hybridized carbons (Fsp3) is 0.458. The number of esters is 1. The smallest absolute Gasteiger partial charge is 0.417 e. The molecule has 180 valence electrons. The summed E-state index contributed by atoms with van der Waals surface area (Å²) in [5.74, 6) is 0.205. The molecule has 1 heterocycles. The molecule has 1 aliphatic rings. The van der Waals surface area contributed by atoms with Crippen LogP contribution in [0.1, 0.15) is 44.4 Å². The number of carbonyl (C=O) groups excluding carboxylic acids is 1. The molecule has 0 saturated carbocycles. The maximum absolute atomic E-state index is 13.0. The Morgan fingerprint density at radius 2 is 1.79 bits per heavy atom. The van der Waals surface area contributed by atoms with Crippen LogP contribution in [-0.4, -0.2) is 42.7 Å². The quantitative estimate of drug-likeness (QED) is 0.452. The van der Waals surface area contributed by atoms with E-state index in [4.69, 9.17) is 25.8 Å². The lowest BCUT2D eigenvalue weighted by molar-refractivity contribution is -0.155. The Labute approximate surface area is 196 Å². The first kappa shape index (κ1) is 25.3. The number of hydrogen-bond acceptors (Lipinski definition) is 5. The van der Waals surface area contributed by atoms with Crippen molar-refractivity contribution in [1.82, 2.24) is 4.90 Å². The Bertz CT molecular complexity index is 958. The van der Waals surface area contributed by atoms with Crippen molar-refractivity contribution in [2.24, 2.45) is 0 Å². The Morgan fingerprint density at radius 3 is 2.42 bits per heavy atom. The summed E-state index contributed by atoms with van der Waals surface area (Å²) in [4.78, 5) is 14.1. The molecule has 9 heteroatoms. The van der Waals surface area contributed by atoms with E-state index in [9.17, 15) is 18.0 Å². The van der Waals surface area contributed by atoms with Crippen LogP contribution in [-0.2, 0) is 20.4 Å². The highest BCUT2D eigenvalue weighted by atomic mass is 35.5. The van der Waals surface area contributed by atoms with Gasteiger partial charge in [-0.15, -0.1) is 0 Å². The number of nitrogens with zero attached hydrogens (tertiary/aromatic N) is 1. The molecule has 1 fully saturated rings. The van der Waals surface area contributed by atoms with Crippen LogP contribution in [0.2, 0.25) is 5.02 Å². The highest BCUT2D eigenvalue weighted by Crippen LogP contribution is 2.38. The molecule has 1 unspecified atom stereocenters. The van der Waals surface area contributed by atoms with Gasteiger partial charge in [-0.2, -0.15) is 13.2 Å². The van der Waals surface area contributed by atoms with Gasteiger partial charge in [-0.05, 0) is 56.7 Å². The molecule has 0 aromatic heterocycles. The fourth-order valence-electron chi connectivity index (χ4n) is 3.42. The van der Waals surface area contributed by atoms with Crippen LogP contribution in [0.5, 0.6) is 11.5 Å². The van der Waals surface area contributed by atoms with Gasteiger partial charge in [0.05, 0.1) is 29.7 Å². The van der Waals surface area contributed by atoms with Crippen LogP contribution in [0.4, 0.5) is 13.2 Å². The molecule has 0 bridgehead atoms. The van der Waals surface area contributed by atoms with Gasteiger partial charge in [0.25, 0.3) is 0 Å². The lowest BCUT2D eigenvalue weighted by Gasteiger charge is -2.33. The van der Waals surface area contributed by atoms with Crippen LogP contribution < -0.4 is 4.74 Å². The first-order chi connectivity index (χ1) is 15.4. The summed E-state index contributed by atoms with van der Waals surface area (Å²) in [5, 5.41) is -0.379. The van der Waals surface area contributed by atoms with E-state index in [1.807, 2.05) is 32.9 Å². The molecule has 2 aromatic rings. The minimum absolute atomic E-state index is 0.0432. The standard InChI is InChI=1S/C24H27ClF3NO4/c1-23(2,3)33-22(30)10-11-29-12-13-31-21(15-29)16-4-6-17(7-5-16)32-18-8-9-20(25)19(14-18)24(26,27)28/h4-9,14,21H,10-13,15H2,1-3H3. The second-order valence-electron chi connectivity index (χ2n) is 8.81. The van der Waals surface area contributed by atoms with E-state index in [0.717, 1.165) is 24.2 Å². The summed E-state index contributed by atoms with van der Waals surface area (Å²) < 4.78 is 55.9. The third kappa shape index (κ3) is 7.62. The van der Waals surface area contributed by atoms with Gasteiger partial charge in [-0.3, -0.25) is 9.69 Å². The summed E-state index contributed by atoms with van der Waals surface area (Å²) in [6, 6.07) is 10.4. The topological polar surface area (TPSA) is 48.0 Å². The summed E-state index contributed by atoms with van der Waals surface area (Å²) >= 11 is 5.65. The van der Waals surface area contributed by atoms with Gasteiger partial charge >= 0.3 is 12.1 Å². The van der Waals surface area contributed by atoms with Gasteiger partial charge in [0.2, 0.25) is 0 Å². The van der Waals surface area contributed by atoms with E-state index in [2.05, 4.69) is 4.90 Å². The van der Waals surface area contributed by atoms with E-state index in [-0.39, 0.29) is 22.8 Å². The van der Waals surface area contributed by atoms with Crippen LogP contribution in [0, 0.1) is 0 Å². The molecule has 5 nitrogen and oxygen atoms in total. The monoisotopic (exact) mass is 485 g/mol. The average Bonchev–Trinajstić information content (AvgIpc) is 2.72. The number of alkyl halides is 3. The number of halogens is 4. The summed E-state index contributed by atoms with van der Waals surface area (Å²) in [5.41, 5.74) is -0.536. The van der Waals surface area contributed by atoms with Gasteiger partial charge in [0, 0.05) is 19.6 Å². The number of benzene rings is 2. The highest BCUT2D eigenvalue weighted by molar-refractivity contribution is 6.31. The van der Waals surface area contributed by atoms with Crippen molar-refractivity contribution < 1.29 is 32.2 Å². The predicted molar refractivity (Wildman–Crippen MR) is 119 cm³/mol. The van der Waals surface area contributed by atoms with Gasteiger partial charge in [0.1, 0.15) is 17.1 Å². The van der Waals surface area contributed by atoms with Gasteiger partial charge in [-0.1, -0.05) is 23.7 Å². The molecule has 0 aliphatic carbocycles. The SMILES string of the molecule is CC(C)(C)OC(=O)CCN1CCOC(c2ccc(Oc3ccc(Cl)c(C(F)(F)F)c3)cc2)C1. The molecule has 1 aliphatic heterocycles. The minimum atomic E-state index is -4.56. The molecule has 0 radical (unpaired) electrons. The Morgan fingerprint density at radius 1 is 1.12 bits per heavy atom. The first-order valence-corrected chi connectivity index (χ1v) is 11.0. The molecular weight excluding hydrogens is 459 g/mol. The normalized spacial score (nSPS) is 17.6. The Hall–Kier alpha value is -2.29. The van der Waals surface area contributed by atoms with Crippen molar-refractivity contribution in [1.29, 1.82) is 0 Å². The number of morpholine rings is 1. The van der Waals surface area contributed by atoms with Gasteiger partial charge < -0.3 is 14.2 Å². The van der Waals surface area contributed by atoms with Crippen molar-refractivity contribution in [3.05, 3.63) is 58.6 Å².